The molecule has 0 spiro atoms. The van der Waals surface area contributed by atoms with Gasteiger partial charge in [-0.25, -0.2) is 18.4 Å². The lowest BCUT2D eigenvalue weighted by Crippen LogP contribution is -2.67. The second-order valence-corrected chi connectivity index (χ2v) is 12.0. The molecule has 0 aliphatic rings. The van der Waals surface area contributed by atoms with Crippen molar-refractivity contribution in [3.63, 3.8) is 0 Å². The Hall–Kier alpha value is -4.11. The van der Waals surface area contributed by atoms with Crippen LogP contribution in [0.5, 0.6) is 0 Å². The van der Waals surface area contributed by atoms with Crippen LogP contribution >= 0.6 is 0 Å². The molecule has 0 N–H and O–H groups in total. The van der Waals surface area contributed by atoms with Crippen molar-refractivity contribution in [2.24, 2.45) is 5.92 Å². The Morgan fingerprint density at radius 2 is 1.42 bits per heavy atom. The molecule has 0 saturated carbocycles. The van der Waals surface area contributed by atoms with Gasteiger partial charge in [0, 0.05) is 13.0 Å². The SMILES string of the molecule is CC(C=O)[C@@](C(=O)OOCc1ccccc1)(C(c1ccc(-c2ccc(F)cc2)cc1)C(C)(C)F)N(C)C(=O)OC(C)(C)C. The summed E-state index contributed by atoms with van der Waals surface area (Å²) in [5.41, 5.74) is -2.98. The molecule has 0 saturated heterocycles. The van der Waals surface area contributed by atoms with E-state index >= 15 is 4.39 Å². The number of halogens is 2. The van der Waals surface area contributed by atoms with Crippen molar-refractivity contribution in [1.29, 1.82) is 0 Å². The number of aldehydes is 1. The number of rotatable bonds is 11. The average Bonchev–Trinajstić information content (AvgIpc) is 2.94. The Bertz CT molecular complexity index is 1380. The first-order chi connectivity index (χ1) is 20.1. The van der Waals surface area contributed by atoms with Gasteiger partial charge in [0.05, 0.1) is 5.92 Å². The third kappa shape index (κ3) is 7.84. The van der Waals surface area contributed by atoms with E-state index in [4.69, 9.17) is 14.5 Å². The molecule has 2 unspecified atom stereocenters. The normalized spacial score (nSPS) is 14.6. The zero-order valence-corrected chi connectivity index (χ0v) is 25.6. The fourth-order valence-electron chi connectivity index (χ4n) is 5.26. The van der Waals surface area contributed by atoms with Crippen molar-refractivity contribution in [3.8, 4) is 11.1 Å². The van der Waals surface area contributed by atoms with E-state index in [1.807, 2.05) is 6.07 Å². The van der Waals surface area contributed by atoms with Crippen molar-refractivity contribution in [3.05, 3.63) is 95.8 Å². The predicted molar refractivity (Wildman–Crippen MR) is 159 cm³/mol. The lowest BCUT2D eigenvalue weighted by molar-refractivity contribution is -0.291. The van der Waals surface area contributed by atoms with Gasteiger partial charge < -0.3 is 9.53 Å². The number of alkyl halides is 1. The molecule has 1 amide bonds. The highest BCUT2D eigenvalue weighted by Gasteiger charge is 2.62. The molecule has 0 fully saturated rings. The van der Waals surface area contributed by atoms with Crippen LogP contribution in [0, 0.1) is 11.7 Å². The van der Waals surface area contributed by atoms with Crippen molar-refractivity contribution in [2.75, 3.05) is 7.05 Å². The van der Waals surface area contributed by atoms with Crippen molar-refractivity contribution in [2.45, 2.75) is 70.9 Å². The Morgan fingerprint density at radius 3 is 1.91 bits per heavy atom. The van der Waals surface area contributed by atoms with Gasteiger partial charge in [-0.15, -0.1) is 0 Å². The van der Waals surface area contributed by atoms with Crippen molar-refractivity contribution >= 4 is 18.3 Å². The van der Waals surface area contributed by atoms with Gasteiger partial charge in [-0.05, 0) is 69.0 Å². The minimum absolute atomic E-state index is 0.121. The summed E-state index contributed by atoms with van der Waals surface area (Å²) < 4.78 is 35.6. The number of amides is 1. The van der Waals surface area contributed by atoms with Crippen LogP contribution in [0.15, 0.2) is 78.9 Å². The van der Waals surface area contributed by atoms with E-state index in [1.165, 1.54) is 40.0 Å². The number of ether oxygens (including phenoxy) is 1. The highest BCUT2D eigenvalue weighted by molar-refractivity contribution is 5.90. The molecule has 3 aromatic rings. The number of carbonyl (C=O) groups is 3. The molecule has 230 valence electrons. The topological polar surface area (TPSA) is 82.1 Å². The van der Waals surface area contributed by atoms with Crippen LogP contribution in [0.1, 0.15) is 58.6 Å². The first-order valence-corrected chi connectivity index (χ1v) is 14.0. The predicted octanol–water partition coefficient (Wildman–Crippen LogP) is 7.44. The first kappa shape index (κ1) is 33.4. The van der Waals surface area contributed by atoms with Crippen LogP contribution < -0.4 is 0 Å². The van der Waals surface area contributed by atoms with Gasteiger partial charge >= 0.3 is 12.1 Å². The molecule has 0 heterocycles. The summed E-state index contributed by atoms with van der Waals surface area (Å²) in [7, 11) is 1.28. The Balaban J connectivity index is 2.17. The molecule has 0 aromatic heterocycles. The van der Waals surface area contributed by atoms with E-state index in [0.717, 1.165) is 10.5 Å². The van der Waals surface area contributed by atoms with Gasteiger partial charge in [0.1, 0.15) is 30.0 Å². The molecule has 43 heavy (non-hydrogen) atoms. The molecular weight excluding hydrogens is 556 g/mol. The first-order valence-electron chi connectivity index (χ1n) is 14.0. The number of nitrogens with zero attached hydrogens (tertiary/aromatic N) is 1. The molecule has 0 aliphatic carbocycles. The lowest BCUT2D eigenvalue weighted by Gasteiger charge is -2.49. The fourth-order valence-corrected chi connectivity index (χ4v) is 5.26. The second-order valence-electron chi connectivity index (χ2n) is 12.0. The van der Waals surface area contributed by atoms with E-state index in [-0.39, 0.29) is 12.4 Å². The number of benzene rings is 3. The molecule has 3 rings (SSSR count). The van der Waals surface area contributed by atoms with Gasteiger partial charge in [0.25, 0.3) is 0 Å². The van der Waals surface area contributed by atoms with Crippen LogP contribution in [0.2, 0.25) is 0 Å². The van der Waals surface area contributed by atoms with Crippen LogP contribution in [0.25, 0.3) is 11.1 Å². The zero-order chi connectivity index (χ0) is 32.0. The zero-order valence-electron chi connectivity index (χ0n) is 25.6. The molecule has 3 atom stereocenters. The highest BCUT2D eigenvalue weighted by Crippen LogP contribution is 2.48. The molecule has 0 aliphatic heterocycles. The third-order valence-electron chi connectivity index (χ3n) is 7.20. The van der Waals surface area contributed by atoms with Gasteiger partial charge in [-0.1, -0.05) is 73.7 Å². The maximum absolute atomic E-state index is 16.5. The van der Waals surface area contributed by atoms with Crippen molar-refractivity contribution < 1.29 is 37.7 Å². The van der Waals surface area contributed by atoms with E-state index in [2.05, 4.69) is 0 Å². The maximum Gasteiger partial charge on any atom is 0.411 e. The van der Waals surface area contributed by atoms with E-state index in [1.54, 1.807) is 81.4 Å². The average molecular weight is 596 g/mol. The number of likely N-dealkylation sites (N-methyl/N-ethyl adjacent to an activating group) is 1. The Labute approximate surface area is 251 Å². The van der Waals surface area contributed by atoms with Gasteiger partial charge in [-0.2, -0.15) is 4.89 Å². The van der Waals surface area contributed by atoms with E-state index in [9.17, 15) is 18.8 Å². The van der Waals surface area contributed by atoms with Crippen LogP contribution in [-0.4, -0.2) is 47.1 Å². The highest BCUT2D eigenvalue weighted by atomic mass is 19.1. The number of hydrogen-bond donors (Lipinski definition) is 0. The van der Waals surface area contributed by atoms with E-state index in [0.29, 0.717) is 23.0 Å². The van der Waals surface area contributed by atoms with Gasteiger partial charge in [0.2, 0.25) is 0 Å². The summed E-state index contributed by atoms with van der Waals surface area (Å²) in [5.74, 6) is -4.25. The molecule has 0 radical (unpaired) electrons. The summed E-state index contributed by atoms with van der Waals surface area (Å²) in [5, 5.41) is 0. The molecule has 7 nitrogen and oxygen atoms in total. The molecular formula is C34H39F2NO6. The fraction of sp³-hybridized carbons (Fsp3) is 0.382. The van der Waals surface area contributed by atoms with Crippen LogP contribution in [0.4, 0.5) is 13.6 Å². The van der Waals surface area contributed by atoms with Crippen molar-refractivity contribution in [1.82, 2.24) is 4.90 Å². The minimum Gasteiger partial charge on any atom is -0.444 e. The summed E-state index contributed by atoms with van der Waals surface area (Å²) in [6, 6.07) is 21.4. The minimum atomic E-state index is -2.25. The van der Waals surface area contributed by atoms with Crippen LogP contribution in [-0.2, 0) is 30.7 Å². The summed E-state index contributed by atoms with van der Waals surface area (Å²) in [6.45, 7) is 8.76. The summed E-state index contributed by atoms with van der Waals surface area (Å²) in [4.78, 5) is 51.8. The smallest absolute Gasteiger partial charge is 0.411 e. The summed E-state index contributed by atoms with van der Waals surface area (Å²) >= 11 is 0. The molecule has 9 heteroatoms. The molecule has 3 aromatic carbocycles. The largest absolute Gasteiger partial charge is 0.444 e. The van der Waals surface area contributed by atoms with Crippen LogP contribution in [0.3, 0.4) is 0 Å². The standard InChI is InChI=1S/C34H39F2NO6/c1-23(21-38)34(37(7)31(40)42-32(2,3)4,30(39)43-41-22-24-11-9-8-10-12-24)29(33(5,6)36)27-15-13-25(14-16-27)26-17-19-28(35)20-18-26/h8-21,23,29H,22H2,1-7H3/t23?,29?,34-/m0/s1. The van der Waals surface area contributed by atoms with Gasteiger partial charge in [-0.3, -0.25) is 9.79 Å². The van der Waals surface area contributed by atoms with E-state index < -0.39 is 40.7 Å². The monoisotopic (exact) mass is 595 g/mol. The lowest BCUT2D eigenvalue weighted by atomic mass is 9.65. The number of carbonyl (C=O) groups excluding carboxylic acids is 3. The quantitative estimate of drug-likeness (QED) is 0.130. The Kier molecular flexibility index (Phi) is 10.5. The number of hydrogen-bond acceptors (Lipinski definition) is 6. The summed E-state index contributed by atoms with van der Waals surface area (Å²) in [6.07, 6.45) is -0.483. The third-order valence-corrected chi connectivity index (χ3v) is 7.20. The second kappa shape index (κ2) is 13.5. The van der Waals surface area contributed by atoms with Gasteiger partial charge in [0.15, 0.2) is 5.54 Å². The maximum atomic E-state index is 16.5. The Morgan fingerprint density at radius 1 is 0.884 bits per heavy atom. The molecule has 0 bridgehead atoms.